The van der Waals surface area contributed by atoms with E-state index in [4.69, 9.17) is 14.2 Å². The Morgan fingerprint density at radius 1 is 1.39 bits per heavy atom. The Morgan fingerprint density at radius 3 is 2.89 bits per heavy atom. The molecular weight excluding hydrogens is 232 g/mol. The molecule has 0 amide bonds. The maximum absolute atomic E-state index is 11.9. The molecule has 2 aliphatic heterocycles. The van der Waals surface area contributed by atoms with Gasteiger partial charge >= 0.3 is 5.97 Å². The van der Waals surface area contributed by atoms with E-state index in [-0.39, 0.29) is 35.7 Å². The second-order valence-electron chi connectivity index (χ2n) is 5.52. The smallest absolute Gasteiger partial charge is 0.310 e. The topological polar surface area (TPSA) is 44.8 Å². The summed E-state index contributed by atoms with van der Waals surface area (Å²) < 4.78 is 17.2. The van der Waals surface area contributed by atoms with E-state index in [1.807, 2.05) is 18.2 Å². The summed E-state index contributed by atoms with van der Waals surface area (Å²) in [4.78, 5) is 11.9. The molecule has 2 saturated heterocycles. The van der Waals surface area contributed by atoms with Crippen LogP contribution in [-0.4, -0.2) is 31.1 Å². The van der Waals surface area contributed by atoms with Crippen LogP contribution in [0.2, 0.25) is 0 Å². The molecule has 5 atom stereocenters. The molecule has 1 spiro atoms. The van der Waals surface area contributed by atoms with E-state index in [1.165, 1.54) is 0 Å². The molecule has 4 heteroatoms. The number of esters is 1. The molecule has 2 heterocycles. The minimum absolute atomic E-state index is 0.0161. The molecule has 2 aliphatic carbocycles. The Morgan fingerprint density at radius 2 is 2.17 bits per heavy atom. The van der Waals surface area contributed by atoms with Gasteiger partial charge in [0.05, 0.1) is 19.1 Å². The van der Waals surface area contributed by atoms with Crippen LogP contribution in [0.4, 0.5) is 0 Å². The van der Waals surface area contributed by atoms with Crippen LogP contribution in [0.5, 0.6) is 0 Å². The maximum Gasteiger partial charge on any atom is 0.310 e. The lowest BCUT2D eigenvalue weighted by molar-refractivity contribution is -0.183. The molecule has 4 aliphatic rings. The number of ether oxygens (including phenoxy) is 3. The molecule has 0 aromatic carbocycles. The fourth-order valence-corrected chi connectivity index (χ4v) is 4.17. The van der Waals surface area contributed by atoms with Crippen LogP contribution in [0.15, 0.2) is 24.8 Å². The third-order valence-corrected chi connectivity index (χ3v) is 4.83. The number of hydrogen-bond acceptors (Lipinski definition) is 4. The molecule has 0 bridgehead atoms. The van der Waals surface area contributed by atoms with Crippen LogP contribution in [0.1, 0.15) is 6.42 Å². The second kappa shape index (κ2) is 3.45. The Bertz CT molecular complexity index is 435. The summed E-state index contributed by atoms with van der Waals surface area (Å²) in [5.41, 5.74) is 0. The summed E-state index contributed by atoms with van der Waals surface area (Å²) in [5, 5.41) is 0. The molecule has 96 valence electrons. The highest BCUT2D eigenvalue weighted by molar-refractivity contribution is 5.76. The van der Waals surface area contributed by atoms with Crippen molar-refractivity contribution in [2.75, 3.05) is 13.2 Å². The van der Waals surface area contributed by atoms with Crippen molar-refractivity contribution in [1.82, 2.24) is 0 Å². The Kier molecular flexibility index (Phi) is 2.07. The highest BCUT2D eigenvalue weighted by Gasteiger charge is 2.64. The largest absolute Gasteiger partial charge is 0.458 e. The third kappa shape index (κ3) is 1.15. The van der Waals surface area contributed by atoms with Crippen LogP contribution >= 0.6 is 0 Å². The van der Waals surface area contributed by atoms with Gasteiger partial charge in [0.15, 0.2) is 5.79 Å². The van der Waals surface area contributed by atoms with Crippen molar-refractivity contribution in [2.24, 2.45) is 23.7 Å². The lowest BCUT2D eigenvalue weighted by Gasteiger charge is -2.40. The first-order valence-corrected chi connectivity index (χ1v) is 6.55. The summed E-state index contributed by atoms with van der Waals surface area (Å²) in [6, 6.07) is 0. The summed E-state index contributed by atoms with van der Waals surface area (Å²) in [7, 11) is 0. The first-order valence-electron chi connectivity index (χ1n) is 6.55. The van der Waals surface area contributed by atoms with Crippen molar-refractivity contribution in [3.63, 3.8) is 0 Å². The molecule has 3 fully saturated rings. The molecule has 0 aromatic rings. The van der Waals surface area contributed by atoms with Crippen molar-refractivity contribution in [3.05, 3.63) is 24.8 Å². The fraction of sp³-hybridized carbons (Fsp3) is 0.643. The van der Waals surface area contributed by atoms with Gasteiger partial charge in [-0.25, -0.2) is 0 Å². The first kappa shape index (κ1) is 10.8. The van der Waals surface area contributed by atoms with Gasteiger partial charge in [0, 0.05) is 11.8 Å². The van der Waals surface area contributed by atoms with Crippen LogP contribution < -0.4 is 0 Å². The van der Waals surface area contributed by atoms with Crippen molar-refractivity contribution < 1.29 is 19.0 Å². The Hall–Kier alpha value is -1.13. The number of allylic oxidation sites excluding steroid dienone is 1. The molecule has 0 aromatic heterocycles. The Balaban J connectivity index is 1.81. The van der Waals surface area contributed by atoms with Gasteiger partial charge in [0.25, 0.3) is 0 Å². The zero-order valence-corrected chi connectivity index (χ0v) is 10.1. The molecule has 18 heavy (non-hydrogen) atoms. The quantitative estimate of drug-likeness (QED) is 0.518. The predicted molar refractivity (Wildman–Crippen MR) is 62.4 cm³/mol. The lowest BCUT2D eigenvalue weighted by atomic mass is 9.74. The van der Waals surface area contributed by atoms with E-state index in [0.717, 1.165) is 6.42 Å². The summed E-state index contributed by atoms with van der Waals surface area (Å²) in [5.74, 6) is -0.134. The van der Waals surface area contributed by atoms with Gasteiger partial charge in [-0.2, -0.15) is 0 Å². The van der Waals surface area contributed by atoms with Crippen LogP contribution in [-0.2, 0) is 19.0 Å². The van der Waals surface area contributed by atoms with Crippen molar-refractivity contribution in [3.8, 4) is 0 Å². The predicted octanol–water partition coefficient (Wildman–Crippen LogP) is 1.28. The Labute approximate surface area is 106 Å². The number of fused-ring (bicyclic) bond motifs is 1. The molecule has 2 unspecified atom stereocenters. The van der Waals surface area contributed by atoms with E-state index >= 15 is 0 Å². The van der Waals surface area contributed by atoms with Crippen LogP contribution in [0, 0.1) is 23.7 Å². The van der Waals surface area contributed by atoms with Crippen molar-refractivity contribution in [1.29, 1.82) is 0 Å². The first-order chi connectivity index (χ1) is 8.75. The van der Waals surface area contributed by atoms with E-state index < -0.39 is 5.79 Å². The zero-order valence-electron chi connectivity index (χ0n) is 10.1. The molecule has 0 N–H and O–H groups in total. The molecule has 4 nitrogen and oxygen atoms in total. The minimum Gasteiger partial charge on any atom is -0.458 e. The number of carbonyl (C=O) groups excluding carboxylic acids is 1. The third-order valence-electron chi connectivity index (χ3n) is 4.83. The second-order valence-corrected chi connectivity index (χ2v) is 5.52. The summed E-state index contributed by atoms with van der Waals surface area (Å²) >= 11 is 0. The standard InChI is InChI=1S/C14H16O4/c1-2-8-7-9-11-10(18-13(9)15)3-4-14(12(8)11)16-5-6-17-14/h2-4,8-12H,1,5-7H2/t8?,9?,10-,11-,12-/m1/s1. The van der Waals surface area contributed by atoms with Gasteiger partial charge in [0.2, 0.25) is 0 Å². The van der Waals surface area contributed by atoms with Crippen molar-refractivity contribution >= 4 is 5.97 Å². The number of rotatable bonds is 1. The van der Waals surface area contributed by atoms with E-state index in [9.17, 15) is 4.79 Å². The van der Waals surface area contributed by atoms with E-state index in [2.05, 4.69) is 6.58 Å². The SMILES string of the molecule is C=CC1CC2C(=O)O[C@@H]3C=CC4(OCCO4)[C@H]1[C@H]23. The number of hydrogen-bond donors (Lipinski definition) is 0. The molecule has 1 saturated carbocycles. The zero-order chi connectivity index (χ0) is 12.3. The normalized spacial score (nSPS) is 47.3. The van der Waals surface area contributed by atoms with Gasteiger partial charge in [-0.15, -0.1) is 6.58 Å². The van der Waals surface area contributed by atoms with E-state index in [0.29, 0.717) is 13.2 Å². The average molecular weight is 248 g/mol. The van der Waals surface area contributed by atoms with Gasteiger partial charge in [0.1, 0.15) is 6.10 Å². The van der Waals surface area contributed by atoms with E-state index in [1.54, 1.807) is 0 Å². The van der Waals surface area contributed by atoms with Crippen LogP contribution in [0.25, 0.3) is 0 Å². The average Bonchev–Trinajstić information content (AvgIpc) is 3.04. The van der Waals surface area contributed by atoms with Gasteiger partial charge < -0.3 is 14.2 Å². The summed E-state index contributed by atoms with van der Waals surface area (Å²) in [6.45, 7) is 5.13. The lowest BCUT2D eigenvalue weighted by Crippen LogP contribution is -2.47. The van der Waals surface area contributed by atoms with Gasteiger partial charge in [-0.05, 0) is 24.5 Å². The summed E-state index contributed by atoms with van der Waals surface area (Å²) in [6.07, 6.45) is 6.54. The molecule has 4 rings (SSSR count). The number of carbonyl (C=O) groups is 1. The minimum atomic E-state index is -0.650. The molecular formula is C14H16O4. The fourth-order valence-electron chi connectivity index (χ4n) is 4.17. The maximum atomic E-state index is 11.9. The monoisotopic (exact) mass is 248 g/mol. The molecule has 0 radical (unpaired) electrons. The van der Waals surface area contributed by atoms with Crippen LogP contribution in [0.3, 0.4) is 0 Å². The highest BCUT2D eigenvalue weighted by atomic mass is 16.7. The van der Waals surface area contributed by atoms with Gasteiger partial charge in [-0.3, -0.25) is 4.79 Å². The van der Waals surface area contributed by atoms with Gasteiger partial charge in [-0.1, -0.05) is 6.08 Å². The highest BCUT2D eigenvalue weighted by Crippen LogP contribution is 2.57. The van der Waals surface area contributed by atoms with Crippen molar-refractivity contribution in [2.45, 2.75) is 18.3 Å².